The fourth-order valence-corrected chi connectivity index (χ4v) is 4.03. The number of rotatable bonds is 4. The van der Waals surface area contributed by atoms with Gasteiger partial charge < -0.3 is 5.73 Å². The van der Waals surface area contributed by atoms with Gasteiger partial charge in [0.1, 0.15) is 0 Å². The monoisotopic (exact) mass is 484 g/mol. The van der Waals surface area contributed by atoms with Crippen LogP contribution in [-0.2, 0) is 0 Å². The SMILES string of the molecule is NC(=O)NC(=O)c1cc(Cl)c(-n2ccc(-c3ccc(Cl)cc3)n2)c(-c2ccccc2)c1Cl. The Bertz CT molecular complexity index is 1320. The average molecular weight is 486 g/mol. The van der Waals surface area contributed by atoms with Crippen LogP contribution >= 0.6 is 34.8 Å². The molecule has 4 rings (SSSR count). The van der Waals surface area contributed by atoms with Crippen molar-refractivity contribution >= 4 is 46.7 Å². The third kappa shape index (κ3) is 4.34. The molecule has 0 spiro atoms. The highest BCUT2D eigenvalue weighted by Gasteiger charge is 2.24. The number of benzene rings is 3. The molecule has 9 heteroatoms. The quantitative estimate of drug-likeness (QED) is 0.373. The molecule has 0 bridgehead atoms. The Labute approximate surface area is 198 Å². The normalized spacial score (nSPS) is 10.7. The predicted octanol–water partition coefficient (Wildman–Crippen LogP) is 5.98. The van der Waals surface area contributed by atoms with Crippen LogP contribution in [0.2, 0.25) is 15.1 Å². The standard InChI is InChI=1S/C23H15Cl3N4O2/c24-15-8-6-13(7-9-15)18-10-11-30(29-18)21-17(25)12-16(22(31)28-23(27)32)20(26)19(21)14-4-2-1-3-5-14/h1-12H,(H3,27,28,31,32). The molecule has 3 amide bonds. The number of aromatic nitrogens is 2. The summed E-state index contributed by atoms with van der Waals surface area (Å²) in [6.45, 7) is 0. The number of imide groups is 1. The maximum absolute atomic E-state index is 12.5. The maximum Gasteiger partial charge on any atom is 0.319 e. The average Bonchev–Trinajstić information content (AvgIpc) is 3.25. The summed E-state index contributed by atoms with van der Waals surface area (Å²) in [6, 6.07) is 18.7. The van der Waals surface area contributed by atoms with Gasteiger partial charge in [0.25, 0.3) is 5.91 Å². The number of halogens is 3. The fraction of sp³-hybridized carbons (Fsp3) is 0. The van der Waals surface area contributed by atoms with Crippen molar-refractivity contribution in [3.8, 4) is 28.1 Å². The first-order valence-corrected chi connectivity index (χ1v) is 10.5. The Kier molecular flexibility index (Phi) is 6.19. The van der Waals surface area contributed by atoms with Crippen molar-refractivity contribution in [1.82, 2.24) is 15.1 Å². The van der Waals surface area contributed by atoms with Crippen molar-refractivity contribution in [2.45, 2.75) is 0 Å². The van der Waals surface area contributed by atoms with Gasteiger partial charge in [-0.1, -0.05) is 77.3 Å². The summed E-state index contributed by atoms with van der Waals surface area (Å²) in [5.74, 6) is -0.754. The molecule has 0 unspecified atom stereocenters. The summed E-state index contributed by atoms with van der Waals surface area (Å²) in [5, 5.41) is 7.62. The molecular formula is C23H15Cl3N4O2. The topological polar surface area (TPSA) is 90.0 Å². The van der Waals surface area contributed by atoms with Crippen molar-refractivity contribution in [2.24, 2.45) is 5.73 Å². The molecule has 160 valence electrons. The predicted molar refractivity (Wildman–Crippen MR) is 127 cm³/mol. The Morgan fingerprint density at radius 3 is 2.25 bits per heavy atom. The summed E-state index contributed by atoms with van der Waals surface area (Å²) in [7, 11) is 0. The summed E-state index contributed by atoms with van der Waals surface area (Å²) in [5.41, 5.74) is 8.36. The highest BCUT2D eigenvalue weighted by molar-refractivity contribution is 6.40. The van der Waals surface area contributed by atoms with E-state index in [2.05, 4.69) is 5.10 Å². The smallest absolute Gasteiger partial charge is 0.319 e. The van der Waals surface area contributed by atoms with Gasteiger partial charge in [-0.15, -0.1) is 0 Å². The molecule has 4 aromatic rings. The van der Waals surface area contributed by atoms with Crippen LogP contribution in [-0.4, -0.2) is 21.7 Å². The van der Waals surface area contributed by atoms with E-state index in [0.717, 1.165) is 5.56 Å². The van der Waals surface area contributed by atoms with Crippen LogP contribution in [0.1, 0.15) is 10.4 Å². The van der Waals surface area contributed by atoms with Gasteiger partial charge in [-0.05, 0) is 29.8 Å². The fourth-order valence-electron chi connectivity index (χ4n) is 3.28. The Balaban J connectivity index is 1.91. The molecule has 6 nitrogen and oxygen atoms in total. The van der Waals surface area contributed by atoms with Gasteiger partial charge in [0.15, 0.2) is 0 Å². The van der Waals surface area contributed by atoms with Crippen molar-refractivity contribution in [3.63, 3.8) is 0 Å². The molecule has 0 radical (unpaired) electrons. The Hall–Kier alpha value is -3.32. The summed E-state index contributed by atoms with van der Waals surface area (Å²) in [6.07, 6.45) is 1.75. The van der Waals surface area contributed by atoms with Gasteiger partial charge in [-0.3, -0.25) is 10.1 Å². The number of nitrogens with one attached hydrogen (secondary N) is 1. The molecule has 0 aliphatic carbocycles. The molecule has 1 aromatic heterocycles. The van der Waals surface area contributed by atoms with Gasteiger partial charge in [-0.25, -0.2) is 9.48 Å². The minimum absolute atomic E-state index is 0.0168. The van der Waals surface area contributed by atoms with E-state index < -0.39 is 11.9 Å². The van der Waals surface area contributed by atoms with Crippen LogP contribution < -0.4 is 11.1 Å². The molecule has 0 saturated carbocycles. The lowest BCUT2D eigenvalue weighted by Gasteiger charge is -2.17. The molecule has 3 N–H and O–H groups in total. The molecule has 3 aromatic carbocycles. The van der Waals surface area contributed by atoms with Crippen molar-refractivity contribution < 1.29 is 9.59 Å². The number of hydrogen-bond acceptors (Lipinski definition) is 3. The molecule has 0 fully saturated rings. The van der Waals surface area contributed by atoms with E-state index in [0.29, 0.717) is 27.5 Å². The number of hydrogen-bond donors (Lipinski definition) is 2. The third-order valence-electron chi connectivity index (χ3n) is 4.69. The molecule has 0 atom stereocenters. The van der Waals surface area contributed by atoms with Crippen LogP contribution in [0.3, 0.4) is 0 Å². The van der Waals surface area contributed by atoms with E-state index in [4.69, 9.17) is 40.5 Å². The van der Waals surface area contributed by atoms with Crippen LogP contribution in [0.4, 0.5) is 4.79 Å². The van der Waals surface area contributed by atoms with E-state index in [1.807, 2.05) is 53.8 Å². The van der Waals surface area contributed by atoms with E-state index in [-0.39, 0.29) is 15.6 Å². The Morgan fingerprint density at radius 2 is 1.59 bits per heavy atom. The molecule has 1 heterocycles. The van der Waals surface area contributed by atoms with Gasteiger partial charge >= 0.3 is 6.03 Å². The zero-order chi connectivity index (χ0) is 22.8. The summed E-state index contributed by atoms with van der Waals surface area (Å²) < 4.78 is 1.59. The summed E-state index contributed by atoms with van der Waals surface area (Å²) >= 11 is 19.3. The van der Waals surface area contributed by atoms with E-state index in [1.165, 1.54) is 6.07 Å². The number of carbonyl (C=O) groups excluding carboxylic acids is 2. The largest absolute Gasteiger partial charge is 0.351 e. The second-order valence-electron chi connectivity index (χ2n) is 6.78. The molecule has 0 aliphatic rings. The number of urea groups is 1. The van der Waals surface area contributed by atoms with Crippen LogP contribution in [0.5, 0.6) is 0 Å². The van der Waals surface area contributed by atoms with Gasteiger partial charge in [0.05, 0.1) is 27.0 Å². The molecular weight excluding hydrogens is 471 g/mol. The Morgan fingerprint density at radius 1 is 0.906 bits per heavy atom. The zero-order valence-electron chi connectivity index (χ0n) is 16.4. The lowest BCUT2D eigenvalue weighted by atomic mass is 10.00. The van der Waals surface area contributed by atoms with Crippen molar-refractivity contribution in [1.29, 1.82) is 0 Å². The van der Waals surface area contributed by atoms with Crippen LogP contribution in [0.25, 0.3) is 28.1 Å². The first-order valence-electron chi connectivity index (χ1n) is 9.35. The molecule has 0 aliphatic heterocycles. The second-order valence-corrected chi connectivity index (χ2v) is 8.00. The van der Waals surface area contributed by atoms with Gasteiger partial charge in [-0.2, -0.15) is 5.10 Å². The number of nitrogens with zero attached hydrogens (tertiary/aromatic N) is 2. The van der Waals surface area contributed by atoms with Crippen molar-refractivity contribution in [2.75, 3.05) is 0 Å². The number of primary amides is 1. The van der Waals surface area contributed by atoms with Gasteiger partial charge in [0, 0.05) is 22.3 Å². The van der Waals surface area contributed by atoms with E-state index in [9.17, 15) is 9.59 Å². The first kappa shape index (κ1) is 21.9. The second kappa shape index (κ2) is 9.04. The maximum atomic E-state index is 12.5. The lowest BCUT2D eigenvalue weighted by Crippen LogP contribution is -2.35. The zero-order valence-corrected chi connectivity index (χ0v) is 18.6. The lowest BCUT2D eigenvalue weighted by molar-refractivity contribution is 0.0966. The van der Waals surface area contributed by atoms with Crippen LogP contribution in [0, 0.1) is 0 Å². The first-order chi connectivity index (χ1) is 15.3. The van der Waals surface area contributed by atoms with E-state index in [1.54, 1.807) is 23.0 Å². The molecule has 0 saturated heterocycles. The van der Waals surface area contributed by atoms with Gasteiger partial charge in [0.2, 0.25) is 0 Å². The summed E-state index contributed by atoms with van der Waals surface area (Å²) in [4.78, 5) is 23.7. The minimum Gasteiger partial charge on any atom is -0.351 e. The van der Waals surface area contributed by atoms with Crippen LogP contribution in [0.15, 0.2) is 72.9 Å². The van der Waals surface area contributed by atoms with E-state index >= 15 is 0 Å². The highest BCUT2D eigenvalue weighted by Crippen LogP contribution is 2.40. The third-order valence-corrected chi connectivity index (χ3v) is 5.62. The number of nitrogens with two attached hydrogens (primary N) is 1. The highest BCUT2D eigenvalue weighted by atomic mass is 35.5. The number of amides is 3. The number of carbonyl (C=O) groups is 2. The molecule has 32 heavy (non-hydrogen) atoms. The van der Waals surface area contributed by atoms with Crippen molar-refractivity contribution in [3.05, 3.63) is 93.6 Å². The minimum atomic E-state index is -0.993.